The van der Waals surface area contributed by atoms with Crippen molar-refractivity contribution in [1.29, 1.82) is 0 Å². The molecule has 1 fully saturated rings. The maximum absolute atomic E-state index is 11.9. The fourth-order valence-electron chi connectivity index (χ4n) is 2.24. The zero-order valence-electron chi connectivity index (χ0n) is 11.8. The fraction of sp³-hybridized carbons (Fsp3) is 0.467. The Morgan fingerprint density at radius 1 is 1.45 bits per heavy atom. The lowest BCUT2D eigenvalue weighted by Gasteiger charge is -2.26. The predicted molar refractivity (Wildman–Crippen MR) is 82.8 cm³/mol. The molecule has 0 aromatic heterocycles. The lowest BCUT2D eigenvalue weighted by atomic mass is 9.99. The molecule has 1 aliphatic rings. The van der Waals surface area contributed by atoms with Crippen LogP contribution in [0.2, 0.25) is 0 Å². The number of carbonyl (C=O) groups is 1. The van der Waals surface area contributed by atoms with Crippen LogP contribution in [0.15, 0.2) is 24.3 Å². The molecule has 1 saturated carbocycles. The van der Waals surface area contributed by atoms with Gasteiger partial charge in [0.25, 0.3) is 5.91 Å². The summed E-state index contributed by atoms with van der Waals surface area (Å²) in [5.74, 6) is 0.995. The standard InChI is InChI=1S/C15H20N2O2S/c1-15(2,10-7-8-10)17-13(18)9-19-12-6-4-3-5-11(12)14(16)20/h3-6,10H,7-9H2,1-2H3,(H2,16,20)(H,17,18). The van der Waals surface area contributed by atoms with Gasteiger partial charge in [0, 0.05) is 5.54 Å². The van der Waals surface area contributed by atoms with E-state index in [9.17, 15) is 4.79 Å². The van der Waals surface area contributed by atoms with Crippen molar-refractivity contribution in [2.45, 2.75) is 32.2 Å². The van der Waals surface area contributed by atoms with E-state index < -0.39 is 0 Å². The third kappa shape index (κ3) is 3.70. The Kier molecular flexibility index (Phi) is 4.28. The first-order valence-electron chi connectivity index (χ1n) is 6.73. The molecule has 0 heterocycles. The highest BCUT2D eigenvalue weighted by Crippen LogP contribution is 2.39. The van der Waals surface area contributed by atoms with E-state index in [0.29, 0.717) is 17.2 Å². The van der Waals surface area contributed by atoms with Gasteiger partial charge in [-0.25, -0.2) is 0 Å². The summed E-state index contributed by atoms with van der Waals surface area (Å²) in [7, 11) is 0. The van der Waals surface area contributed by atoms with Crippen molar-refractivity contribution >= 4 is 23.1 Å². The molecular weight excluding hydrogens is 272 g/mol. The van der Waals surface area contributed by atoms with Gasteiger partial charge in [0.05, 0.1) is 5.56 Å². The van der Waals surface area contributed by atoms with Crippen molar-refractivity contribution in [3.63, 3.8) is 0 Å². The average Bonchev–Trinajstić information content (AvgIpc) is 3.20. The first-order chi connectivity index (χ1) is 9.40. The van der Waals surface area contributed by atoms with Crippen molar-refractivity contribution in [2.75, 3.05) is 6.61 Å². The third-order valence-corrected chi connectivity index (χ3v) is 3.79. The monoisotopic (exact) mass is 292 g/mol. The molecule has 0 unspecified atom stereocenters. The summed E-state index contributed by atoms with van der Waals surface area (Å²) in [6.45, 7) is 4.06. The topological polar surface area (TPSA) is 64.3 Å². The summed E-state index contributed by atoms with van der Waals surface area (Å²) < 4.78 is 5.53. The van der Waals surface area contributed by atoms with E-state index in [1.165, 1.54) is 12.8 Å². The zero-order valence-corrected chi connectivity index (χ0v) is 12.6. The highest BCUT2D eigenvalue weighted by molar-refractivity contribution is 7.80. The number of ether oxygens (including phenoxy) is 1. The van der Waals surface area contributed by atoms with Crippen LogP contribution in [0.4, 0.5) is 0 Å². The van der Waals surface area contributed by atoms with Gasteiger partial charge in [-0.05, 0) is 44.7 Å². The number of carbonyl (C=O) groups excluding carboxylic acids is 1. The van der Waals surface area contributed by atoms with Gasteiger partial charge in [-0.3, -0.25) is 4.79 Å². The van der Waals surface area contributed by atoms with Gasteiger partial charge >= 0.3 is 0 Å². The van der Waals surface area contributed by atoms with E-state index >= 15 is 0 Å². The van der Waals surface area contributed by atoms with Crippen molar-refractivity contribution in [3.05, 3.63) is 29.8 Å². The summed E-state index contributed by atoms with van der Waals surface area (Å²) >= 11 is 4.96. The minimum atomic E-state index is -0.164. The van der Waals surface area contributed by atoms with E-state index in [-0.39, 0.29) is 23.0 Å². The highest BCUT2D eigenvalue weighted by Gasteiger charge is 2.38. The zero-order chi connectivity index (χ0) is 14.8. The molecule has 108 valence electrons. The van der Waals surface area contributed by atoms with Crippen LogP contribution < -0.4 is 15.8 Å². The second-order valence-electron chi connectivity index (χ2n) is 5.69. The van der Waals surface area contributed by atoms with Crippen molar-refractivity contribution in [1.82, 2.24) is 5.32 Å². The molecular formula is C15H20N2O2S. The van der Waals surface area contributed by atoms with Crippen LogP contribution in [0.1, 0.15) is 32.3 Å². The van der Waals surface area contributed by atoms with Crippen LogP contribution in [-0.2, 0) is 4.79 Å². The molecule has 3 N–H and O–H groups in total. The smallest absolute Gasteiger partial charge is 0.258 e. The Labute approximate surface area is 124 Å². The first-order valence-corrected chi connectivity index (χ1v) is 7.13. The molecule has 1 amide bonds. The van der Waals surface area contributed by atoms with Gasteiger partial charge in [-0.1, -0.05) is 24.4 Å². The van der Waals surface area contributed by atoms with E-state index in [2.05, 4.69) is 5.32 Å². The molecule has 1 aliphatic carbocycles. The van der Waals surface area contributed by atoms with E-state index in [4.69, 9.17) is 22.7 Å². The Balaban J connectivity index is 1.92. The van der Waals surface area contributed by atoms with Crippen molar-refractivity contribution in [3.8, 4) is 5.75 Å². The average molecular weight is 292 g/mol. The maximum atomic E-state index is 11.9. The van der Waals surface area contributed by atoms with E-state index in [0.717, 1.165) is 0 Å². The second kappa shape index (κ2) is 5.79. The summed E-state index contributed by atoms with van der Waals surface area (Å²) in [4.78, 5) is 12.2. The molecule has 1 aromatic rings. The van der Waals surface area contributed by atoms with Crippen LogP contribution >= 0.6 is 12.2 Å². The number of thiocarbonyl (C=S) groups is 1. The molecule has 1 aromatic carbocycles. The lowest BCUT2D eigenvalue weighted by Crippen LogP contribution is -2.47. The molecule has 0 spiro atoms. The molecule has 5 heteroatoms. The Hall–Kier alpha value is -1.62. The molecule has 2 rings (SSSR count). The highest BCUT2D eigenvalue weighted by atomic mass is 32.1. The first kappa shape index (κ1) is 14.8. The van der Waals surface area contributed by atoms with Gasteiger partial charge in [0.2, 0.25) is 0 Å². The SMILES string of the molecule is CC(C)(NC(=O)COc1ccccc1C(N)=S)C1CC1. The molecule has 20 heavy (non-hydrogen) atoms. The number of rotatable bonds is 6. The molecule has 0 aliphatic heterocycles. The molecule has 0 radical (unpaired) electrons. The number of benzene rings is 1. The number of hydrogen-bond acceptors (Lipinski definition) is 3. The van der Waals surface area contributed by atoms with Gasteiger partial charge in [0.1, 0.15) is 10.7 Å². The number of nitrogens with two attached hydrogens (primary N) is 1. The second-order valence-corrected chi connectivity index (χ2v) is 6.13. The van der Waals surface area contributed by atoms with Crippen LogP contribution in [0, 0.1) is 5.92 Å². The van der Waals surface area contributed by atoms with Gasteiger partial charge in [-0.2, -0.15) is 0 Å². The number of hydrogen-bond donors (Lipinski definition) is 2. The van der Waals surface area contributed by atoms with E-state index in [1.807, 2.05) is 26.0 Å². The van der Waals surface area contributed by atoms with Crippen LogP contribution in [0.5, 0.6) is 5.75 Å². The van der Waals surface area contributed by atoms with Crippen molar-refractivity contribution in [2.24, 2.45) is 11.7 Å². The molecule has 0 atom stereocenters. The van der Waals surface area contributed by atoms with Gasteiger partial charge in [0.15, 0.2) is 6.61 Å². The third-order valence-electron chi connectivity index (χ3n) is 3.57. The summed E-state index contributed by atoms with van der Waals surface area (Å²) in [6, 6.07) is 7.19. The van der Waals surface area contributed by atoms with Crippen molar-refractivity contribution < 1.29 is 9.53 Å². The Morgan fingerprint density at radius 3 is 2.70 bits per heavy atom. The Morgan fingerprint density at radius 2 is 2.10 bits per heavy atom. The van der Waals surface area contributed by atoms with E-state index in [1.54, 1.807) is 12.1 Å². The lowest BCUT2D eigenvalue weighted by molar-refractivity contribution is -0.124. The van der Waals surface area contributed by atoms with Crippen LogP contribution in [-0.4, -0.2) is 23.0 Å². The minimum absolute atomic E-state index is 0.0320. The van der Waals surface area contributed by atoms with Crippen LogP contribution in [0.25, 0.3) is 0 Å². The normalized spacial score (nSPS) is 14.7. The Bertz CT molecular complexity index is 524. The maximum Gasteiger partial charge on any atom is 0.258 e. The quantitative estimate of drug-likeness (QED) is 0.787. The largest absolute Gasteiger partial charge is 0.483 e. The number of nitrogens with one attached hydrogen (secondary N) is 1. The molecule has 0 bridgehead atoms. The summed E-state index contributed by atoms with van der Waals surface area (Å²) in [5.41, 5.74) is 6.11. The predicted octanol–water partition coefficient (Wildman–Crippen LogP) is 2.00. The summed E-state index contributed by atoms with van der Waals surface area (Å²) in [6.07, 6.45) is 2.36. The number of amides is 1. The minimum Gasteiger partial charge on any atom is -0.483 e. The summed E-state index contributed by atoms with van der Waals surface area (Å²) in [5, 5.41) is 3.01. The van der Waals surface area contributed by atoms with Crippen LogP contribution in [0.3, 0.4) is 0 Å². The molecule has 4 nitrogen and oxygen atoms in total. The fourth-order valence-corrected chi connectivity index (χ4v) is 2.41. The molecule has 0 saturated heterocycles. The van der Waals surface area contributed by atoms with Gasteiger partial charge < -0.3 is 15.8 Å². The number of para-hydroxylation sites is 1. The van der Waals surface area contributed by atoms with Gasteiger partial charge in [-0.15, -0.1) is 0 Å².